The fraction of sp³-hybridized carbons (Fsp3) is 0.136. The van der Waals surface area contributed by atoms with Gasteiger partial charge >= 0.3 is 5.69 Å². The van der Waals surface area contributed by atoms with Crippen molar-refractivity contribution < 1.29 is 9.18 Å². The molecule has 2 aromatic carbocycles. The minimum atomic E-state index is -0.643. The van der Waals surface area contributed by atoms with E-state index >= 15 is 0 Å². The molecule has 0 fully saturated rings. The number of aryl methyl sites for hydroxylation is 1. The predicted octanol–water partition coefficient (Wildman–Crippen LogP) is 2.98. The molecule has 0 saturated heterocycles. The number of amides is 1. The summed E-state index contributed by atoms with van der Waals surface area (Å²) in [5, 5.41) is 4.49. The predicted molar refractivity (Wildman–Crippen MR) is 115 cm³/mol. The van der Waals surface area contributed by atoms with Gasteiger partial charge in [-0.25, -0.2) is 13.8 Å². The molecule has 0 radical (unpaired) electrons. The lowest BCUT2D eigenvalue weighted by atomic mass is 10.2. The van der Waals surface area contributed by atoms with E-state index in [9.17, 15) is 18.8 Å². The maximum absolute atomic E-state index is 13.5. The molecule has 0 atom stereocenters. The molecule has 0 unspecified atom stereocenters. The fourth-order valence-electron chi connectivity index (χ4n) is 3.32. The number of benzene rings is 2. The van der Waals surface area contributed by atoms with Crippen molar-refractivity contribution >= 4 is 27.5 Å². The van der Waals surface area contributed by atoms with Crippen molar-refractivity contribution in [2.24, 2.45) is 0 Å². The number of carbonyl (C=O) groups excluding carboxylic acids is 1. The molecule has 2 aromatic heterocycles. The third-order valence-electron chi connectivity index (χ3n) is 4.79. The normalized spacial score (nSPS) is 11.0. The molecule has 0 spiro atoms. The molecule has 30 heavy (non-hydrogen) atoms. The summed E-state index contributed by atoms with van der Waals surface area (Å²) in [5.41, 5.74) is 0.952. The van der Waals surface area contributed by atoms with Crippen LogP contribution in [0.2, 0.25) is 0 Å². The highest BCUT2D eigenvalue weighted by atomic mass is 32.1. The largest absolute Gasteiger partial charge is 0.350 e. The first-order valence-corrected chi connectivity index (χ1v) is 10.1. The van der Waals surface area contributed by atoms with Crippen molar-refractivity contribution in [3.05, 3.63) is 97.8 Å². The second-order valence-electron chi connectivity index (χ2n) is 6.84. The Balaban J connectivity index is 1.75. The van der Waals surface area contributed by atoms with E-state index in [-0.39, 0.29) is 12.5 Å². The molecule has 0 aliphatic carbocycles. The lowest BCUT2D eigenvalue weighted by Crippen LogP contribution is -2.41. The molecule has 2 heterocycles. The third kappa shape index (κ3) is 3.69. The SMILES string of the molecule is Cc1cc(F)ccc1-n1c(=O)c2sccc2n(CC(=O)NCc2ccccc2)c1=O. The van der Waals surface area contributed by atoms with Gasteiger partial charge in [0.25, 0.3) is 5.56 Å². The summed E-state index contributed by atoms with van der Waals surface area (Å²) in [6.45, 7) is 1.72. The fourth-order valence-corrected chi connectivity index (χ4v) is 4.14. The van der Waals surface area contributed by atoms with E-state index in [2.05, 4.69) is 5.32 Å². The average Bonchev–Trinajstić information content (AvgIpc) is 3.22. The zero-order valence-corrected chi connectivity index (χ0v) is 16.9. The van der Waals surface area contributed by atoms with Crippen molar-refractivity contribution in [3.8, 4) is 5.69 Å². The van der Waals surface area contributed by atoms with Crippen molar-refractivity contribution in [2.45, 2.75) is 20.0 Å². The van der Waals surface area contributed by atoms with Gasteiger partial charge in [-0.2, -0.15) is 0 Å². The minimum absolute atomic E-state index is 0.237. The van der Waals surface area contributed by atoms with Crippen molar-refractivity contribution in [1.82, 2.24) is 14.5 Å². The highest BCUT2D eigenvalue weighted by Gasteiger charge is 2.18. The Morgan fingerprint density at radius 3 is 2.60 bits per heavy atom. The summed E-state index contributed by atoms with van der Waals surface area (Å²) in [4.78, 5) is 38.7. The first-order chi connectivity index (χ1) is 14.5. The van der Waals surface area contributed by atoms with Crippen LogP contribution in [0.5, 0.6) is 0 Å². The number of rotatable bonds is 5. The first-order valence-electron chi connectivity index (χ1n) is 9.26. The summed E-state index contributed by atoms with van der Waals surface area (Å²) in [6.07, 6.45) is 0. The number of hydrogen-bond donors (Lipinski definition) is 1. The zero-order chi connectivity index (χ0) is 21.3. The molecular weight excluding hydrogens is 405 g/mol. The Morgan fingerprint density at radius 1 is 1.10 bits per heavy atom. The Kier molecular flexibility index (Phi) is 5.33. The highest BCUT2D eigenvalue weighted by molar-refractivity contribution is 7.17. The van der Waals surface area contributed by atoms with Crippen LogP contribution in [-0.2, 0) is 17.9 Å². The number of nitrogens with zero attached hydrogens (tertiary/aromatic N) is 2. The van der Waals surface area contributed by atoms with Gasteiger partial charge in [0, 0.05) is 6.54 Å². The van der Waals surface area contributed by atoms with Crippen molar-refractivity contribution in [1.29, 1.82) is 0 Å². The van der Waals surface area contributed by atoms with Gasteiger partial charge in [-0.05, 0) is 47.7 Å². The molecule has 4 rings (SSSR count). The number of aromatic nitrogens is 2. The van der Waals surface area contributed by atoms with Gasteiger partial charge < -0.3 is 5.32 Å². The van der Waals surface area contributed by atoms with Crippen molar-refractivity contribution in [3.63, 3.8) is 0 Å². The van der Waals surface area contributed by atoms with Crippen LogP contribution >= 0.6 is 11.3 Å². The quantitative estimate of drug-likeness (QED) is 0.536. The van der Waals surface area contributed by atoms with Gasteiger partial charge in [0.05, 0.1) is 11.2 Å². The topological polar surface area (TPSA) is 73.1 Å². The van der Waals surface area contributed by atoms with E-state index in [1.165, 1.54) is 34.1 Å². The second kappa shape index (κ2) is 8.08. The van der Waals surface area contributed by atoms with E-state index in [4.69, 9.17) is 0 Å². The van der Waals surface area contributed by atoms with Crippen LogP contribution in [0.1, 0.15) is 11.1 Å². The third-order valence-corrected chi connectivity index (χ3v) is 5.68. The van der Waals surface area contributed by atoms with E-state index < -0.39 is 17.1 Å². The van der Waals surface area contributed by atoms with Crippen LogP contribution < -0.4 is 16.6 Å². The minimum Gasteiger partial charge on any atom is -0.350 e. The molecule has 1 amide bonds. The summed E-state index contributed by atoms with van der Waals surface area (Å²) in [5.74, 6) is -0.809. The Hall–Kier alpha value is -3.52. The molecule has 1 N–H and O–H groups in total. The van der Waals surface area contributed by atoms with Crippen LogP contribution in [0.25, 0.3) is 15.9 Å². The number of thiophene rings is 1. The molecule has 4 aromatic rings. The molecular formula is C22H18FN3O3S. The van der Waals surface area contributed by atoms with Gasteiger partial charge in [0.2, 0.25) is 5.91 Å². The Morgan fingerprint density at radius 2 is 1.87 bits per heavy atom. The molecule has 8 heteroatoms. The summed E-state index contributed by atoms with van der Waals surface area (Å²) < 4.78 is 16.2. The first kappa shape index (κ1) is 19.8. The number of carbonyl (C=O) groups is 1. The zero-order valence-electron chi connectivity index (χ0n) is 16.1. The molecule has 0 bridgehead atoms. The standard InChI is InChI=1S/C22H18FN3O3S/c1-14-11-16(23)7-8-17(14)26-21(28)20-18(9-10-30-20)25(22(26)29)13-19(27)24-12-15-5-3-2-4-6-15/h2-11H,12-13H2,1H3,(H,24,27). The van der Waals surface area contributed by atoms with Crippen LogP contribution in [-0.4, -0.2) is 15.0 Å². The van der Waals surface area contributed by atoms with E-state index in [0.29, 0.717) is 28.0 Å². The molecule has 152 valence electrons. The van der Waals surface area contributed by atoms with Gasteiger partial charge in [-0.15, -0.1) is 11.3 Å². The maximum Gasteiger partial charge on any atom is 0.336 e. The summed E-state index contributed by atoms with van der Waals surface area (Å²) in [6, 6.07) is 14.9. The second-order valence-corrected chi connectivity index (χ2v) is 7.75. The van der Waals surface area contributed by atoms with E-state index in [0.717, 1.165) is 10.1 Å². The van der Waals surface area contributed by atoms with Crippen molar-refractivity contribution in [2.75, 3.05) is 0 Å². The molecule has 0 aliphatic heterocycles. The summed E-state index contributed by atoms with van der Waals surface area (Å²) in [7, 11) is 0. The Bertz CT molecular complexity index is 1360. The van der Waals surface area contributed by atoms with Crippen LogP contribution in [0.4, 0.5) is 4.39 Å². The van der Waals surface area contributed by atoms with Gasteiger partial charge in [-0.1, -0.05) is 30.3 Å². The molecule has 0 aliphatic rings. The monoisotopic (exact) mass is 423 g/mol. The molecule has 6 nitrogen and oxygen atoms in total. The Labute approximate surface area is 174 Å². The van der Waals surface area contributed by atoms with Gasteiger partial charge in [-0.3, -0.25) is 14.2 Å². The van der Waals surface area contributed by atoms with Gasteiger partial charge in [0.15, 0.2) is 0 Å². The smallest absolute Gasteiger partial charge is 0.336 e. The number of fused-ring (bicyclic) bond motifs is 1. The van der Waals surface area contributed by atoms with Gasteiger partial charge in [0.1, 0.15) is 17.1 Å². The molecule has 0 saturated carbocycles. The number of nitrogens with one attached hydrogen (secondary N) is 1. The van der Waals surface area contributed by atoms with E-state index in [1.807, 2.05) is 30.3 Å². The van der Waals surface area contributed by atoms with Crippen LogP contribution in [0, 0.1) is 12.7 Å². The van der Waals surface area contributed by atoms with Crippen LogP contribution in [0.15, 0.2) is 69.6 Å². The lowest BCUT2D eigenvalue weighted by Gasteiger charge is -2.14. The number of halogens is 1. The van der Waals surface area contributed by atoms with Crippen LogP contribution in [0.3, 0.4) is 0 Å². The highest BCUT2D eigenvalue weighted by Crippen LogP contribution is 2.18. The summed E-state index contributed by atoms with van der Waals surface area (Å²) >= 11 is 1.19. The maximum atomic E-state index is 13.5. The van der Waals surface area contributed by atoms with E-state index in [1.54, 1.807) is 18.4 Å². The lowest BCUT2D eigenvalue weighted by molar-refractivity contribution is -0.121. The number of hydrogen-bond acceptors (Lipinski definition) is 4. The average molecular weight is 423 g/mol.